The molecule has 3 rings (SSSR count). The molecule has 1 N–H and O–H groups in total. The Bertz CT molecular complexity index is 800. The van der Waals surface area contributed by atoms with Gasteiger partial charge in [-0.05, 0) is 38.5 Å². The van der Waals surface area contributed by atoms with Gasteiger partial charge in [0.1, 0.15) is 6.04 Å². The van der Waals surface area contributed by atoms with Crippen LogP contribution in [0.5, 0.6) is 0 Å². The van der Waals surface area contributed by atoms with Crippen molar-refractivity contribution in [3.05, 3.63) is 25.3 Å². The summed E-state index contributed by atoms with van der Waals surface area (Å²) < 4.78 is 4.94. The highest BCUT2D eigenvalue weighted by Crippen LogP contribution is 2.67. The molecule has 3 heterocycles. The van der Waals surface area contributed by atoms with Crippen molar-refractivity contribution in [2.45, 2.75) is 87.3 Å². The van der Waals surface area contributed by atoms with Crippen LogP contribution in [-0.4, -0.2) is 81.1 Å². The first-order valence-corrected chi connectivity index (χ1v) is 14.1. The van der Waals surface area contributed by atoms with Crippen LogP contribution in [0.1, 0.15) is 65.2 Å². The monoisotopic (exact) mass is 506 g/mol. The molecule has 0 aromatic heterocycles. The maximum atomic E-state index is 14.1. The average molecular weight is 507 g/mol. The Labute approximate surface area is 214 Å². The lowest BCUT2D eigenvalue weighted by atomic mass is 9.71. The van der Waals surface area contributed by atoms with Crippen molar-refractivity contribution in [3.63, 3.8) is 0 Å². The highest BCUT2D eigenvalue weighted by atomic mass is 32.2. The minimum Gasteiger partial charge on any atom is -0.465 e. The van der Waals surface area contributed by atoms with Crippen LogP contribution in [0.25, 0.3) is 0 Å². The molecule has 3 saturated heterocycles. The number of aliphatic hydroxyl groups is 1. The van der Waals surface area contributed by atoms with E-state index in [0.29, 0.717) is 39.0 Å². The predicted octanol–water partition coefficient (Wildman–Crippen LogP) is 3.56. The van der Waals surface area contributed by atoms with Crippen LogP contribution < -0.4 is 0 Å². The second-order valence-electron chi connectivity index (χ2n) is 9.92. The number of hydrogen-bond acceptors (Lipinski definition) is 6. The molecule has 0 radical (unpaired) electrons. The number of hydrogen-bond donors (Lipinski definition) is 1. The zero-order chi connectivity index (χ0) is 25.6. The number of fused-ring (bicyclic) bond motifs is 1. The number of allylic oxidation sites excluding steroid dienone is 1. The molecule has 6 atom stereocenters. The van der Waals surface area contributed by atoms with Crippen LogP contribution in [-0.2, 0) is 19.1 Å². The number of aliphatic hydroxyl groups excluding tert-OH is 1. The van der Waals surface area contributed by atoms with Crippen molar-refractivity contribution < 1.29 is 24.2 Å². The lowest BCUT2D eigenvalue weighted by Gasteiger charge is -2.39. The molecule has 7 nitrogen and oxygen atoms in total. The first kappa shape index (κ1) is 27.8. The summed E-state index contributed by atoms with van der Waals surface area (Å²) in [5.74, 6) is -1.73. The number of thioether (sulfide) groups is 1. The summed E-state index contributed by atoms with van der Waals surface area (Å²) in [6.45, 7) is 12.7. The fourth-order valence-electron chi connectivity index (χ4n) is 6.11. The van der Waals surface area contributed by atoms with Gasteiger partial charge in [-0.25, -0.2) is 0 Å². The van der Waals surface area contributed by atoms with E-state index in [4.69, 9.17) is 4.74 Å². The molecule has 0 aliphatic carbocycles. The van der Waals surface area contributed by atoms with E-state index in [1.54, 1.807) is 28.8 Å². The van der Waals surface area contributed by atoms with E-state index in [-0.39, 0.29) is 29.6 Å². The van der Waals surface area contributed by atoms with Gasteiger partial charge in [-0.15, -0.1) is 24.9 Å². The molecule has 2 unspecified atom stereocenters. The number of carbonyl (C=O) groups is 3. The summed E-state index contributed by atoms with van der Waals surface area (Å²) in [6, 6.07) is -1.14. The Balaban J connectivity index is 1.94. The van der Waals surface area contributed by atoms with Crippen LogP contribution in [0.15, 0.2) is 25.3 Å². The molecule has 35 heavy (non-hydrogen) atoms. The molecular formula is C27H42N2O5S. The number of nitrogens with zero attached hydrogens (tertiary/aromatic N) is 2. The van der Waals surface area contributed by atoms with Crippen LogP contribution in [0.3, 0.4) is 0 Å². The van der Waals surface area contributed by atoms with Crippen molar-refractivity contribution in [3.8, 4) is 0 Å². The van der Waals surface area contributed by atoms with E-state index in [1.807, 2.05) is 11.8 Å². The van der Waals surface area contributed by atoms with Crippen LogP contribution in [0, 0.1) is 11.8 Å². The van der Waals surface area contributed by atoms with Crippen molar-refractivity contribution in [2.75, 3.05) is 26.3 Å². The largest absolute Gasteiger partial charge is 0.465 e. The Morgan fingerprint density at radius 3 is 2.69 bits per heavy atom. The van der Waals surface area contributed by atoms with Gasteiger partial charge in [-0.2, -0.15) is 0 Å². The van der Waals surface area contributed by atoms with Gasteiger partial charge in [0.25, 0.3) is 0 Å². The molecule has 3 aliphatic rings. The number of rotatable bonds is 15. The molecule has 3 aliphatic heterocycles. The zero-order valence-electron chi connectivity index (χ0n) is 21.3. The zero-order valence-corrected chi connectivity index (χ0v) is 22.1. The van der Waals surface area contributed by atoms with Gasteiger partial charge in [0.15, 0.2) is 0 Å². The Morgan fingerprint density at radius 2 is 2.06 bits per heavy atom. The number of esters is 1. The van der Waals surface area contributed by atoms with Gasteiger partial charge >= 0.3 is 5.97 Å². The molecule has 2 amide bonds. The summed E-state index contributed by atoms with van der Waals surface area (Å²) in [6.07, 6.45) is 9.98. The molecule has 0 saturated carbocycles. The summed E-state index contributed by atoms with van der Waals surface area (Å²) in [5, 5.41) is 10.1. The van der Waals surface area contributed by atoms with E-state index in [2.05, 4.69) is 20.1 Å². The van der Waals surface area contributed by atoms with Gasteiger partial charge in [-0.1, -0.05) is 38.8 Å². The number of unbranched alkanes of at least 4 members (excludes halogenated alkanes) is 3. The number of likely N-dealkylation sites (tertiary alicyclic amines) is 1. The normalized spacial score (nSPS) is 29.7. The van der Waals surface area contributed by atoms with Crippen molar-refractivity contribution in [2.24, 2.45) is 11.8 Å². The number of amides is 2. The Morgan fingerprint density at radius 1 is 1.29 bits per heavy atom. The SMILES string of the molecule is C=CCCCOC(=O)[C@@H]1[C@@H]2CCC3(S2)C(C(=O)N(CC=C)CCCCC)N([C@@H](CC)CO)C(=O)[C@H]13. The van der Waals surface area contributed by atoms with Gasteiger partial charge in [0, 0.05) is 18.3 Å². The maximum Gasteiger partial charge on any atom is 0.310 e. The summed E-state index contributed by atoms with van der Waals surface area (Å²) >= 11 is 1.64. The minimum atomic E-state index is -0.688. The molecule has 2 bridgehead atoms. The quantitative estimate of drug-likeness (QED) is 0.208. The molecule has 1 spiro atoms. The summed E-state index contributed by atoms with van der Waals surface area (Å²) in [7, 11) is 0. The van der Waals surface area contributed by atoms with Crippen LogP contribution in [0.4, 0.5) is 0 Å². The second kappa shape index (κ2) is 12.4. The molecule has 3 fully saturated rings. The lowest BCUT2D eigenvalue weighted by molar-refractivity contribution is -0.154. The van der Waals surface area contributed by atoms with Crippen molar-refractivity contribution >= 4 is 29.5 Å². The van der Waals surface area contributed by atoms with E-state index in [9.17, 15) is 19.5 Å². The van der Waals surface area contributed by atoms with Gasteiger partial charge in [0.05, 0.1) is 35.8 Å². The number of ether oxygens (including phenoxy) is 1. The van der Waals surface area contributed by atoms with E-state index >= 15 is 0 Å². The van der Waals surface area contributed by atoms with Gasteiger partial charge in [0.2, 0.25) is 11.8 Å². The van der Waals surface area contributed by atoms with Crippen LogP contribution in [0.2, 0.25) is 0 Å². The molecule has 196 valence electrons. The van der Waals surface area contributed by atoms with E-state index < -0.39 is 28.7 Å². The summed E-state index contributed by atoms with van der Waals surface area (Å²) in [5.41, 5.74) is 0. The fourth-order valence-corrected chi connectivity index (χ4v) is 8.30. The Hall–Kier alpha value is -1.80. The standard InChI is InChI=1S/C27H42N2O5S/c1-5-9-11-16-28(15-7-3)25(32)23-27-14-13-20(35-27)21(26(33)34-17-12-10-6-2)22(27)24(31)29(23)19(8-4)18-30/h6-7,19-23,30H,2-3,5,8-18H2,1,4H3/t19-,20-,21+,22-,23?,27?/m0/s1. The molecule has 8 heteroatoms. The minimum absolute atomic E-state index is 0.0181. The third kappa shape index (κ3) is 5.19. The van der Waals surface area contributed by atoms with Gasteiger partial charge in [-0.3, -0.25) is 14.4 Å². The highest BCUT2D eigenvalue weighted by Gasteiger charge is 2.74. The topological polar surface area (TPSA) is 87.2 Å². The maximum absolute atomic E-state index is 14.1. The third-order valence-corrected chi connectivity index (χ3v) is 9.76. The third-order valence-electron chi connectivity index (χ3n) is 7.81. The first-order valence-electron chi connectivity index (χ1n) is 13.2. The smallest absolute Gasteiger partial charge is 0.310 e. The Kier molecular flexibility index (Phi) is 9.87. The predicted molar refractivity (Wildman–Crippen MR) is 139 cm³/mol. The van der Waals surface area contributed by atoms with E-state index in [1.165, 1.54) is 0 Å². The molecular weight excluding hydrogens is 464 g/mol. The molecule has 0 aromatic rings. The van der Waals surface area contributed by atoms with Crippen LogP contribution >= 0.6 is 11.8 Å². The number of carbonyl (C=O) groups excluding carboxylic acids is 3. The average Bonchev–Trinajstić information content (AvgIpc) is 3.49. The van der Waals surface area contributed by atoms with Crippen molar-refractivity contribution in [1.82, 2.24) is 9.80 Å². The highest BCUT2D eigenvalue weighted by molar-refractivity contribution is 8.02. The fraction of sp³-hybridized carbons (Fsp3) is 0.741. The van der Waals surface area contributed by atoms with Crippen molar-refractivity contribution in [1.29, 1.82) is 0 Å². The first-order chi connectivity index (χ1) is 16.9. The van der Waals surface area contributed by atoms with E-state index in [0.717, 1.165) is 32.1 Å². The molecule has 0 aromatic carbocycles. The summed E-state index contributed by atoms with van der Waals surface area (Å²) in [4.78, 5) is 44.7. The lowest BCUT2D eigenvalue weighted by Crippen LogP contribution is -2.57. The van der Waals surface area contributed by atoms with Gasteiger partial charge < -0.3 is 19.6 Å². The second-order valence-corrected chi connectivity index (χ2v) is 11.5.